The molecule has 1 saturated carbocycles. The third kappa shape index (κ3) is 1.85. The quantitative estimate of drug-likeness (QED) is 0.818. The highest BCUT2D eigenvalue weighted by molar-refractivity contribution is 5.80. The zero-order valence-electron chi connectivity index (χ0n) is 9.67. The van der Waals surface area contributed by atoms with Crippen molar-refractivity contribution in [2.45, 2.75) is 25.2 Å². The Balaban J connectivity index is 1.59. The molecule has 1 aliphatic carbocycles. The van der Waals surface area contributed by atoms with Gasteiger partial charge in [-0.3, -0.25) is 4.79 Å². The van der Waals surface area contributed by atoms with Crippen molar-refractivity contribution in [2.24, 2.45) is 5.92 Å². The van der Waals surface area contributed by atoms with E-state index in [-0.39, 0.29) is 0 Å². The molecular weight excluding hydrogens is 216 g/mol. The molecular formula is C12H16N4O. The van der Waals surface area contributed by atoms with Crippen LogP contribution in [-0.4, -0.2) is 33.9 Å². The highest BCUT2D eigenvalue weighted by Gasteiger charge is 2.37. The van der Waals surface area contributed by atoms with Gasteiger partial charge in [0.15, 0.2) is 0 Å². The van der Waals surface area contributed by atoms with Gasteiger partial charge in [0.05, 0.1) is 5.69 Å². The highest BCUT2D eigenvalue weighted by atomic mass is 16.2. The van der Waals surface area contributed by atoms with Crippen LogP contribution in [0.1, 0.15) is 30.9 Å². The third-order valence-electron chi connectivity index (χ3n) is 3.76. The number of hydrogen-bond acceptors (Lipinski definition) is 4. The van der Waals surface area contributed by atoms with Crippen LogP contribution in [0.2, 0.25) is 0 Å². The molecule has 1 aliphatic heterocycles. The van der Waals surface area contributed by atoms with E-state index in [0.717, 1.165) is 31.6 Å². The summed E-state index contributed by atoms with van der Waals surface area (Å²) in [6.45, 7) is 1.57. The molecule has 1 aromatic rings. The Morgan fingerprint density at radius 1 is 1.41 bits per heavy atom. The van der Waals surface area contributed by atoms with Crippen LogP contribution < -0.4 is 5.73 Å². The topological polar surface area (TPSA) is 72.1 Å². The first kappa shape index (κ1) is 10.5. The minimum absolute atomic E-state index is 0.298. The van der Waals surface area contributed by atoms with Gasteiger partial charge >= 0.3 is 0 Å². The predicted molar refractivity (Wildman–Crippen MR) is 63.1 cm³/mol. The maximum absolute atomic E-state index is 11.9. The highest BCUT2D eigenvalue weighted by Crippen LogP contribution is 2.33. The number of likely N-dealkylation sites (tertiary alicyclic amines) is 1. The van der Waals surface area contributed by atoms with E-state index in [4.69, 9.17) is 5.73 Å². The zero-order valence-corrected chi connectivity index (χ0v) is 9.67. The van der Waals surface area contributed by atoms with Crippen LogP contribution in [-0.2, 0) is 4.79 Å². The van der Waals surface area contributed by atoms with Crippen molar-refractivity contribution in [3.8, 4) is 0 Å². The van der Waals surface area contributed by atoms with Crippen LogP contribution in [0.15, 0.2) is 12.3 Å². The molecule has 0 aromatic carbocycles. The van der Waals surface area contributed by atoms with E-state index in [1.165, 1.54) is 6.42 Å². The smallest absolute Gasteiger partial charge is 0.225 e. The lowest BCUT2D eigenvalue weighted by Crippen LogP contribution is -2.51. The van der Waals surface area contributed by atoms with Crippen molar-refractivity contribution >= 4 is 11.9 Å². The molecule has 0 spiro atoms. The van der Waals surface area contributed by atoms with E-state index in [1.807, 2.05) is 11.0 Å². The number of anilines is 1. The van der Waals surface area contributed by atoms with Crippen molar-refractivity contribution in [1.29, 1.82) is 0 Å². The number of nitrogen functional groups attached to an aromatic ring is 1. The summed E-state index contributed by atoms with van der Waals surface area (Å²) >= 11 is 0. The predicted octanol–water partition coefficient (Wildman–Crippen LogP) is 0.785. The number of hydrogen-bond donors (Lipinski definition) is 1. The van der Waals surface area contributed by atoms with Gasteiger partial charge in [-0.15, -0.1) is 0 Å². The molecule has 0 bridgehead atoms. The van der Waals surface area contributed by atoms with Crippen LogP contribution in [0.3, 0.4) is 0 Å². The normalized spacial score (nSPS) is 20.8. The summed E-state index contributed by atoms with van der Waals surface area (Å²) < 4.78 is 0. The van der Waals surface area contributed by atoms with Crippen molar-refractivity contribution in [3.05, 3.63) is 18.0 Å². The first-order chi connectivity index (χ1) is 8.24. The van der Waals surface area contributed by atoms with Gasteiger partial charge in [0.1, 0.15) is 0 Å². The fraction of sp³-hybridized carbons (Fsp3) is 0.583. The van der Waals surface area contributed by atoms with Gasteiger partial charge in [0.25, 0.3) is 0 Å². The molecule has 1 aromatic heterocycles. The molecule has 5 heteroatoms. The lowest BCUT2D eigenvalue weighted by Gasteiger charge is -2.42. The average molecular weight is 232 g/mol. The summed E-state index contributed by atoms with van der Waals surface area (Å²) in [4.78, 5) is 21.9. The zero-order chi connectivity index (χ0) is 11.8. The Morgan fingerprint density at radius 2 is 2.18 bits per heavy atom. The Bertz CT molecular complexity index is 438. The van der Waals surface area contributed by atoms with Gasteiger partial charge in [-0.2, -0.15) is 0 Å². The van der Waals surface area contributed by atoms with Gasteiger partial charge in [0.2, 0.25) is 11.9 Å². The number of carbonyl (C=O) groups excluding carboxylic acids is 1. The molecule has 1 amide bonds. The van der Waals surface area contributed by atoms with Crippen LogP contribution >= 0.6 is 0 Å². The fourth-order valence-corrected chi connectivity index (χ4v) is 2.37. The Labute approximate surface area is 100 Å². The fourth-order valence-electron chi connectivity index (χ4n) is 2.37. The summed E-state index contributed by atoms with van der Waals surface area (Å²) in [5.74, 6) is 1.27. The van der Waals surface area contributed by atoms with E-state index in [2.05, 4.69) is 9.97 Å². The lowest BCUT2D eigenvalue weighted by molar-refractivity contribution is -0.142. The van der Waals surface area contributed by atoms with E-state index in [1.54, 1.807) is 6.20 Å². The summed E-state index contributed by atoms with van der Waals surface area (Å²) in [7, 11) is 0. The van der Waals surface area contributed by atoms with Gasteiger partial charge in [-0.05, 0) is 18.9 Å². The van der Waals surface area contributed by atoms with Gasteiger partial charge in [-0.1, -0.05) is 6.42 Å². The Hall–Kier alpha value is -1.65. The first-order valence-electron chi connectivity index (χ1n) is 6.11. The number of nitrogens with zero attached hydrogens (tertiary/aromatic N) is 3. The van der Waals surface area contributed by atoms with Crippen molar-refractivity contribution < 1.29 is 4.79 Å². The number of amides is 1. The van der Waals surface area contributed by atoms with Crippen LogP contribution in [0.4, 0.5) is 5.95 Å². The number of carbonyl (C=O) groups is 1. The van der Waals surface area contributed by atoms with Gasteiger partial charge in [0, 0.05) is 31.1 Å². The number of rotatable bonds is 2. The van der Waals surface area contributed by atoms with Crippen molar-refractivity contribution in [3.63, 3.8) is 0 Å². The molecule has 2 aliphatic rings. The number of aromatic nitrogens is 2. The van der Waals surface area contributed by atoms with E-state index >= 15 is 0 Å². The summed E-state index contributed by atoms with van der Waals surface area (Å²) in [6.07, 6.45) is 5.02. The molecule has 2 N–H and O–H groups in total. The molecule has 90 valence electrons. The molecule has 2 heterocycles. The first-order valence-corrected chi connectivity index (χ1v) is 6.11. The lowest BCUT2D eigenvalue weighted by atomic mass is 9.82. The number of nitrogens with two attached hydrogens (primary N) is 1. The van der Waals surface area contributed by atoms with Crippen LogP contribution in [0, 0.1) is 5.92 Å². The minimum atomic E-state index is 0.298. The maximum atomic E-state index is 11.9. The van der Waals surface area contributed by atoms with Gasteiger partial charge in [-0.25, -0.2) is 9.97 Å². The molecule has 17 heavy (non-hydrogen) atoms. The summed E-state index contributed by atoms with van der Waals surface area (Å²) in [5.41, 5.74) is 6.50. The van der Waals surface area contributed by atoms with E-state index < -0.39 is 0 Å². The Morgan fingerprint density at radius 3 is 2.76 bits per heavy atom. The van der Waals surface area contributed by atoms with E-state index in [0.29, 0.717) is 23.7 Å². The molecule has 0 unspecified atom stereocenters. The molecule has 5 nitrogen and oxygen atoms in total. The van der Waals surface area contributed by atoms with Crippen molar-refractivity contribution in [1.82, 2.24) is 14.9 Å². The monoisotopic (exact) mass is 232 g/mol. The van der Waals surface area contributed by atoms with Gasteiger partial charge < -0.3 is 10.6 Å². The average Bonchev–Trinajstić information content (AvgIpc) is 2.12. The van der Waals surface area contributed by atoms with E-state index in [9.17, 15) is 4.79 Å². The molecule has 0 radical (unpaired) electrons. The summed E-state index contributed by atoms with van der Waals surface area (Å²) in [6, 6.07) is 1.88. The van der Waals surface area contributed by atoms with Crippen LogP contribution in [0.5, 0.6) is 0 Å². The standard InChI is InChI=1S/C12H16N4O/c13-12-14-5-4-10(15-12)9-6-16(7-9)11(17)8-2-1-3-8/h4-5,8-9H,1-3,6-7H2,(H2,13,14,15). The SMILES string of the molecule is Nc1nccc(C2CN(C(=O)C3CCC3)C2)n1. The Kier molecular flexibility index (Phi) is 2.46. The second-order valence-corrected chi connectivity index (χ2v) is 4.91. The molecule has 1 saturated heterocycles. The third-order valence-corrected chi connectivity index (χ3v) is 3.76. The molecule has 3 rings (SSSR count). The van der Waals surface area contributed by atoms with Crippen LogP contribution in [0.25, 0.3) is 0 Å². The maximum Gasteiger partial charge on any atom is 0.225 e. The molecule has 2 fully saturated rings. The second-order valence-electron chi connectivity index (χ2n) is 4.91. The van der Waals surface area contributed by atoms with Crippen molar-refractivity contribution in [2.75, 3.05) is 18.8 Å². The molecule has 0 atom stereocenters. The summed E-state index contributed by atoms with van der Waals surface area (Å²) in [5, 5.41) is 0. The second kappa shape index (κ2) is 3.98. The largest absolute Gasteiger partial charge is 0.368 e. The minimum Gasteiger partial charge on any atom is -0.368 e.